The molecular weight excluding hydrogens is 350 g/mol. The van der Waals surface area contributed by atoms with Crippen LogP contribution in [-0.4, -0.2) is 49.6 Å². The van der Waals surface area contributed by atoms with E-state index in [0.717, 1.165) is 37.5 Å². The third-order valence-corrected chi connectivity index (χ3v) is 6.23. The summed E-state index contributed by atoms with van der Waals surface area (Å²) < 4.78 is 46.9. The summed E-state index contributed by atoms with van der Waals surface area (Å²) >= 11 is 0. The van der Waals surface area contributed by atoms with E-state index >= 15 is 0 Å². The van der Waals surface area contributed by atoms with E-state index in [4.69, 9.17) is 14.2 Å². The van der Waals surface area contributed by atoms with Crippen LogP contribution in [0.25, 0.3) is 0 Å². The summed E-state index contributed by atoms with van der Waals surface area (Å²) in [5.41, 5.74) is 0. The zero-order valence-corrected chi connectivity index (χ0v) is 14.7. The molecule has 5 fully saturated rings. The van der Waals surface area contributed by atoms with Crippen molar-refractivity contribution in [3.8, 4) is 0 Å². The number of esters is 2. The van der Waals surface area contributed by atoms with E-state index in [9.17, 15) is 18.4 Å². The topological polar surface area (TPSA) is 71.1 Å². The van der Waals surface area contributed by atoms with E-state index < -0.39 is 30.3 Å². The minimum absolute atomic E-state index is 0.0348. The van der Waals surface area contributed by atoms with Crippen molar-refractivity contribution in [2.75, 3.05) is 19.8 Å². The summed E-state index contributed by atoms with van der Waals surface area (Å²) in [6, 6.07) is 0. The van der Waals surface area contributed by atoms with E-state index in [0.29, 0.717) is 25.4 Å². The van der Waals surface area contributed by atoms with Gasteiger partial charge in [-0.2, -0.15) is 8.78 Å². The summed E-state index contributed by atoms with van der Waals surface area (Å²) in [6.45, 7) is -0.111. The molecule has 146 valence electrons. The normalized spacial score (nSPS) is 40.8. The van der Waals surface area contributed by atoms with Gasteiger partial charge in [0.2, 0.25) is 0 Å². The van der Waals surface area contributed by atoms with Crippen LogP contribution in [0.2, 0.25) is 0 Å². The molecule has 1 saturated heterocycles. The first-order valence-corrected chi connectivity index (χ1v) is 9.28. The number of carbonyl (C=O) groups excluding carboxylic acids is 2. The Bertz CT molecular complexity index is 559. The Balaban J connectivity index is 1.25. The van der Waals surface area contributed by atoms with Crippen LogP contribution in [0.15, 0.2) is 0 Å². The molecule has 1 atom stereocenters. The maximum Gasteiger partial charge on any atom is 0.377 e. The Morgan fingerprint density at radius 1 is 1.08 bits per heavy atom. The van der Waals surface area contributed by atoms with Gasteiger partial charge in [0.05, 0.1) is 6.61 Å². The van der Waals surface area contributed by atoms with E-state index in [1.807, 2.05) is 0 Å². The van der Waals surface area contributed by atoms with E-state index in [1.54, 1.807) is 0 Å². The molecule has 1 heterocycles. The van der Waals surface area contributed by atoms with Gasteiger partial charge in [0.25, 0.3) is 0 Å². The van der Waals surface area contributed by atoms with Crippen molar-refractivity contribution in [2.24, 2.45) is 23.7 Å². The maximum atomic E-state index is 12.7. The van der Waals surface area contributed by atoms with Crippen molar-refractivity contribution in [3.05, 3.63) is 0 Å². The molecule has 1 unspecified atom stereocenters. The van der Waals surface area contributed by atoms with Crippen molar-refractivity contribution in [2.45, 2.75) is 56.8 Å². The molecule has 4 saturated carbocycles. The van der Waals surface area contributed by atoms with Gasteiger partial charge >= 0.3 is 17.9 Å². The number of rotatable bonds is 5. The maximum absolute atomic E-state index is 12.7. The molecule has 0 aromatic heterocycles. The molecule has 1 spiro atoms. The molecule has 8 heteroatoms. The van der Waals surface area contributed by atoms with Gasteiger partial charge in [0.1, 0.15) is 12.7 Å². The average Bonchev–Trinajstić information content (AvgIpc) is 2.99. The minimum Gasteiger partial charge on any atom is -0.460 e. The molecule has 0 aromatic carbocycles. The van der Waals surface area contributed by atoms with E-state index in [1.165, 1.54) is 6.42 Å². The van der Waals surface area contributed by atoms with Crippen molar-refractivity contribution < 1.29 is 37.3 Å². The summed E-state index contributed by atoms with van der Waals surface area (Å²) in [7, 11) is 0. The second-order valence-corrected chi connectivity index (χ2v) is 8.22. The fraction of sp³-hybridized carbons (Fsp3) is 0.889. The van der Waals surface area contributed by atoms with Crippen LogP contribution in [0.4, 0.5) is 8.78 Å². The van der Waals surface area contributed by atoms with Crippen molar-refractivity contribution >= 4 is 11.9 Å². The molecule has 0 aromatic rings. The Hall–Kier alpha value is -1.28. The third kappa shape index (κ3) is 3.22. The van der Waals surface area contributed by atoms with Crippen LogP contribution >= 0.6 is 0 Å². The SMILES string of the molecule is CC(F)(F)C(=O)OCC(=O)OCC1COC2(O1)C1CC3CC(C1)CC2C3. The van der Waals surface area contributed by atoms with Crippen LogP contribution in [0.3, 0.4) is 0 Å². The fourth-order valence-electron chi connectivity index (χ4n) is 5.38. The Kier molecular flexibility index (Phi) is 4.46. The lowest BCUT2D eigenvalue weighted by Crippen LogP contribution is -2.58. The number of hydrogen-bond acceptors (Lipinski definition) is 6. The lowest BCUT2D eigenvalue weighted by Gasteiger charge is -2.58. The number of alkyl halides is 2. The minimum atomic E-state index is -3.63. The average molecular weight is 374 g/mol. The van der Waals surface area contributed by atoms with Crippen molar-refractivity contribution in [3.63, 3.8) is 0 Å². The molecule has 5 rings (SSSR count). The van der Waals surface area contributed by atoms with E-state index in [-0.39, 0.29) is 12.7 Å². The number of hydrogen-bond donors (Lipinski definition) is 0. The summed E-state index contributed by atoms with van der Waals surface area (Å²) in [5, 5.41) is 0. The zero-order valence-electron chi connectivity index (χ0n) is 14.7. The highest BCUT2D eigenvalue weighted by Crippen LogP contribution is 2.61. The van der Waals surface area contributed by atoms with Crippen LogP contribution in [0.1, 0.15) is 39.0 Å². The smallest absolute Gasteiger partial charge is 0.377 e. The predicted octanol–water partition coefficient (Wildman–Crippen LogP) is 2.30. The van der Waals surface area contributed by atoms with Crippen molar-refractivity contribution in [1.29, 1.82) is 0 Å². The first kappa shape index (κ1) is 18.1. The second kappa shape index (κ2) is 6.41. The summed E-state index contributed by atoms with van der Waals surface area (Å²) in [5.74, 6) is -4.40. The molecule has 0 N–H and O–H groups in total. The molecule has 6 nitrogen and oxygen atoms in total. The molecule has 4 aliphatic carbocycles. The van der Waals surface area contributed by atoms with Gasteiger partial charge in [-0.1, -0.05) is 0 Å². The van der Waals surface area contributed by atoms with Crippen LogP contribution in [0, 0.1) is 23.7 Å². The molecule has 1 aliphatic heterocycles. The van der Waals surface area contributed by atoms with Gasteiger partial charge < -0.3 is 18.9 Å². The number of ether oxygens (including phenoxy) is 4. The summed E-state index contributed by atoms with van der Waals surface area (Å²) in [6.07, 6.45) is 5.52. The van der Waals surface area contributed by atoms with Crippen LogP contribution in [0.5, 0.6) is 0 Å². The van der Waals surface area contributed by atoms with Gasteiger partial charge in [-0.05, 0) is 43.9 Å². The Morgan fingerprint density at radius 2 is 1.69 bits per heavy atom. The molecule has 26 heavy (non-hydrogen) atoms. The largest absolute Gasteiger partial charge is 0.460 e. The quantitative estimate of drug-likeness (QED) is 0.688. The van der Waals surface area contributed by atoms with Gasteiger partial charge in [0.15, 0.2) is 12.4 Å². The number of halogens is 2. The molecule has 5 aliphatic rings. The van der Waals surface area contributed by atoms with Gasteiger partial charge in [-0.3, -0.25) is 0 Å². The Morgan fingerprint density at radius 3 is 2.27 bits per heavy atom. The van der Waals surface area contributed by atoms with Gasteiger partial charge in [-0.15, -0.1) is 0 Å². The first-order valence-electron chi connectivity index (χ1n) is 9.28. The second-order valence-electron chi connectivity index (χ2n) is 8.22. The molecule has 0 amide bonds. The van der Waals surface area contributed by atoms with Crippen molar-refractivity contribution in [1.82, 2.24) is 0 Å². The zero-order chi connectivity index (χ0) is 18.5. The van der Waals surface area contributed by atoms with E-state index in [2.05, 4.69) is 4.74 Å². The lowest BCUT2D eigenvalue weighted by molar-refractivity contribution is -0.295. The highest BCUT2D eigenvalue weighted by Gasteiger charge is 2.62. The molecular formula is C18H24F2O6. The summed E-state index contributed by atoms with van der Waals surface area (Å²) in [4.78, 5) is 22.6. The van der Waals surface area contributed by atoms with Gasteiger partial charge in [-0.25, -0.2) is 9.59 Å². The Labute approximate surface area is 150 Å². The van der Waals surface area contributed by atoms with Crippen LogP contribution < -0.4 is 0 Å². The highest BCUT2D eigenvalue weighted by molar-refractivity contribution is 5.80. The monoisotopic (exact) mass is 374 g/mol. The first-order chi connectivity index (χ1) is 12.3. The highest BCUT2D eigenvalue weighted by atomic mass is 19.3. The number of carbonyl (C=O) groups is 2. The van der Waals surface area contributed by atoms with Gasteiger partial charge in [0, 0.05) is 18.8 Å². The predicted molar refractivity (Wildman–Crippen MR) is 83.1 cm³/mol. The molecule has 4 bridgehead atoms. The standard InChI is InChI=1S/C18H24F2O6/c1-17(19,20)16(22)24-9-15(21)23-7-14-8-25-18(26-14)12-3-10-2-11(5-12)6-13(18)4-10/h10-14H,2-9H2,1H3. The molecule has 0 radical (unpaired) electrons. The lowest BCUT2D eigenvalue weighted by atomic mass is 9.53. The fourth-order valence-corrected chi connectivity index (χ4v) is 5.38. The third-order valence-electron chi connectivity index (χ3n) is 6.23. The van der Waals surface area contributed by atoms with Crippen LogP contribution in [-0.2, 0) is 28.5 Å².